The van der Waals surface area contributed by atoms with E-state index in [0.29, 0.717) is 17.1 Å². The van der Waals surface area contributed by atoms with Crippen molar-refractivity contribution in [3.63, 3.8) is 0 Å². The molecule has 0 saturated carbocycles. The predicted octanol–water partition coefficient (Wildman–Crippen LogP) is 3.44. The standard InChI is InChI=1S/C22H21FN2O5S/c1-29-19-3-2-4-20(15-19)30-14-13-24-22(26)16-5-11-21(12-6-16)31(27,28)25-18-9-7-17(23)8-10-18/h2-12,15,25H,13-14H2,1H3,(H,24,26). The van der Waals surface area contributed by atoms with Crippen LogP contribution >= 0.6 is 0 Å². The van der Waals surface area contributed by atoms with Gasteiger partial charge in [-0.15, -0.1) is 0 Å². The van der Waals surface area contributed by atoms with Crippen LogP contribution in [0.1, 0.15) is 10.4 Å². The van der Waals surface area contributed by atoms with E-state index in [1.807, 2.05) is 0 Å². The molecule has 0 spiro atoms. The molecule has 0 radical (unpaired) electrons. The van der Waals surface area contributed by atoms with Crippen LogP contribution in [0.15, 0.2) is 77.7 Å². The summed E-state index contributed by atoms with van der Waals surface area (Å²) in [5.41, 5.74) is 0.543. The van der Waals surface area contributed by atoms with Gasteiger partial charge in [0.25, 0.3) is 15.9 Å². The van der Waals surface area contributed by atoms with Gasteiger partial charge in [0.05, 0.1) is 18.6 Å². The maximum absolute atomic E-state index is 13.0. The van der Waals surface area contributed by atoms with E-state index in [2.05, 4.69) is 10.0 Å². The zero-order valence-corrected chi connectivity index (χ0v) is 17.5. The third kappa shape index (κ3) is 6.19. The van der Waals surface area contributed by atoms with E-state index in [-0.39, 0.29) is 29.6 Å². The Bertz CT molecular complexity index is 1130. The number of ether oxygens (including phenoxy) is 2. The van der Waals surface area contributed by atoms with Crippen molar-refractivity contribution in [2.75, 3.05) is 25.0 Å². The van der Waals surface area contributed by atoms with Gasteiger partial charge < -0.3 is 14.8 Å². The molecule has 0 unspecified atom stereocenters. The Morgan fingerprint density at radius 3 is 2.32 bits per heavy atom. The Morgan fingerprint density at radius 1 is 0.968 bits per heavy atom. The average molecular weight is 444 g/mol. The van der Waals surface area contributed by atoms with Crippen molar-refractivity contribution in [2.24, 2.45) is 0 Å². The van der Waals surface area contributed by atoms with Crippen molar-refractivity contribution in [1.29, 1.82) is 0 Å². The zero-order chi connectivity index (χ0) is 22.3. The van der Waals surface area contributed by atoms with Gasteiger partial charge in [0.1, 0.15) is 23.9 Å². The number of anilines is 1. The van der Waals surface area contributed by atoms with Crippen LogP contribution in [-0.2, 0) is 10.0 Å². The number of nitrogens with one attached hydrogen (secondary N) is 2. The highest BCUT2D eigenvalue weighted by atomic mass is 32.2. The van der Waals surface area contributed by atoms with Crippen LogP contribution in [0.3, 0.4) is 0 Å². The van der Waals surface area contributed by atoms with Crippen molar-refractivity contribution < 1.29 is 27.1 Å². The number of rotatable bonds is 9. The largest absolute Gasteiger partial charge is 0.497 e. The van der Waals surface area contributed by atoms with Crippen molar-refractivity contribution in [1.82, 2.24) is 5.32 Å². The lowest BCUT2D eigenvalue weighted by molar-refractivity contribution is 0.0947. The minimum atomic E-state index is -3.86. The van der Waals surface area contributed by atoms with E-state index >= 15 is 0 Å². The number of amides is 1. The van der Waals surface area contributed by atoms with Crippen LogP contribution in [0.4, 0.5) is 10.1 Å². The third-order valence-electron chi connectivity index (χ3n) is 4.22. The molecule has 0 bridgehead atoms. The third-order valence-corrected chi connectivity index (χ3v) is 5.62. The molecule has 31 heavy (non-hydrogen) atoms. The summed E-state index contributed by atoms with van der Waals surface area (Å²) in [5.74, 6) is 0.471. The number of carbonyl (C=O) groups is 1. The Morgan fingerprint density at radius 2 is 1.65 bits per heavy atom. The molecule has 3 aromatic carbocycles. The summed E-state index contributed by atoms with van der Waals surface area (Å²) in [6.45, 7) is 0.523. The average Bonchev–Trinajstić information content (AvgIpc) is 2.78. The summed E-state index contributed by atoms with van der Waals surface area (Å²) in [4.78, 5) is 12.2. The van der Waals surface area contributed by atoms with Gasteiger partial charge in [-0.1, -0.05) is 6.07 Å². The monoisotopic (exact) mass is 444 g/mol. The summed E-state index contributed by atoms with van der Waals surface area (Å²) >= 11 is 0. The smallest absolute Gasteiger partial charge is 0.261 e. The van der Waals surface area contributed by atoms with E-state index in [9.17, 15) is 17.6 Å². The first-order chi connectivity index (χ1) is 14.9. The van der Waals surface area contributed by atoms with Crippen LogP contribution in [-0.4, -0.2) is 34.6 Å². The highest BCUT2D eigenvalue weighted by Gasteiger charge is 2.15. The Balaban J connectivity index is 1.52. The second-order valence-corrected chi connectivity index (χ2v) is 8.10. The van der Waals surface area contributed by atoms with Crippen LogP contribution < -0.4 is 19.5 Å². The number of hydrogen-bond donors (Lipinski definition) is 2. The molecule has 9 heteroatoms. The molecule has 162 valence electrons. The number of carbonyl (C=O) groups excluding carboxylic acids is 1. The molecule has 7 nitrogen and oxygen atoms in total. The second-order valence-electron chi connectivity index (χ2n) is 6.42. The topological polar surface area (TPSA) is 93.7 Å². The Hall–Kier alpha value is -3.59. The number of methoxy groups -OCH3 is 1. The van der Waals surface area contributed by atoms with Crippen LogP contribution in [0.25, 0.3) is 0 Å². The first kappa shape index (κ1) is 22.1. The minimum Gasteiger partial charge on any atom is -0.497 e. The maximum Gasteiger partial charge on any atom is 0.261 e. The molecule has 0 aliphatic heterocycles. The van der Waals surface area contributed by atoms with Gasteiger partial charge in [0, 0.05) is 17.3 Å². The maximum atomic E-state index is 13.0. The molecule has 3 aromatic rings. The predicted molar refractivity (Wildman–Crippen MR) is 114 cm³/mol. The van der Waals surface area contributed by atoms with Crippen molar-refractivity contribution >= 4 is 21.6 Å². The molecule has 0 aliphatic rings. The zero-order valence-electron chi connectivity index (χ0n) is 16.7. The number of benzene rings is 3. The van der Waals surface area contributed by atoms with Crippen molar-refractivity contribution in [2.45, 2.75) is 4.90 Å². The fourth-order valence-corrected chi connectivity index (χ4v) is 3.70. The molecule has 0 aromatic heterocycles. The quantitative estimate of drug-likeness (QED) is 0.493. The second kappa shape index (κ2) is 9.94. The molecule has 0 aliphatic carbocycles. The van der Waals surface area contributed by atoms with Crippen molar-refractivity contribution in [3.8, 4) is 11.5 Å². The lowest BCUT2D eigenvalue weighted by atomic mass is 10.2. The molecular formula is C22H21FN2O5S. The SMILES string of the molecule is COc1cccc(OCCNC(=O)c2ccc(S(=O)(=O)Nc3ccc(F)cc3)cc2)c1. The van der Waals surface area contributed by atoms with Gasteiger partial charge in [0.15, 0.2) is 0 Å². The first-order valence-electron chi connectivity index (χ1n) is 9.31. The van der Waals surface area contributed by atoms with E-state index in [4.69, 9.17) is 9.47 Å². The number of sulfonamides is 1. The van der Waals surface area contributed by atoms with Gasteiger partial charge in [-0.2, -0.15) is 0 Å². The van der Waals surface area contributed by atoms with Crippen LogP contribution in [0.5, 0.6) is 11.5 Å². The lowest BCUT2D eigenvalue weighted by Crippen LogP contribution is -2.28. The Labute approximate surface area is 179 Å². The van der Waals surface area contributed by atoms with E-state index in [1.54, 1.807) is 31.4 Å². The molecular weight excluding hydrogens is 423 g/mol. The molecule has 0 atom stereocenters. The summed E-state index contributed by atoms with van der Waals surface area (Å²) in [7, 11) is -2.30. The van der Waals surface area contributed by atoms with Gasteiger partial charge in [-0.3, -0.25) is 9.52 Å². The van der Waals surface area contributed by atoms with E-state index < -0.39 is 15.8 Å². The fraction of sp³-hybridized carbons (Fsp3) is 0.136. The molecule has 3 rings (SSSR count). The highest BCUT2D eigenvalue weighted by molar-refractivity contribution is 7.92. The van der Waals surface area contributed by atoms with Gasteiger partial charge in [-0.05, 0) is 60.7 Å². The highest BCUT2D eigenvalue weighted by Crippen LogP contribution is 2.19. The summed E-state index contributed by atoms with van der Waals surface area (Å²) < 4.78 is 50.8. The van der Waals surface area contributed by atoms with Crippen LogP contribution in [0.2, 0.25) is 0 Å². The summed E-state index contributed by atoms with van der Waals surface area (Å²) in [6.07, 6.45) is 0. The van der Waals surface area contributed by atoms with Gasteiger partial charge in [0.2, 0.25) is 0 Å². The molecule has 0 fully saturated rings. The summed E-state index contributed by atoms with van der Waals surface area (Å²) in [5, 5.41) is 2.71. The first-order valence-corrected chi connectivity index (χ1v) is 10.8. The van der Waals surface area contributed by atoms with Crippen molar-refractivity contribution in [3.05, 3.63) is 84.2 Å². The molecule has 1 amide bonds. The van der Waals surface area contributed by atoms with Gasteiger partial charge in [-0.25, -0.2) is 12.8 Å². The molecule has 0 heterocycles. The normalized spacial score (nSPS) is 10.9. The van der Waals surface area contributed by atoms with E-state index in [0.717, 1.165) is 12.1 Å². The number of halogens is 1. The van der Waals surface area contributed by atoms with Crippen LogP contribution in [0, 0.1) is 5.82 Å². The van der Waals surface area contributed by atoms with E-state index in [1.165, 1.54) is 36.4 Å². The Kier molecular flexibility index (Phi) is 7.09. The molecule has 0 saturated heterocycles. The summed E-state index contributed by atoms with van der Waals surface area (Å²) in [6, 6.07) is 17.6. The van der Waals surface area contributed by atoms with Gasteiger partial charge >= 0.3 is 0 Å². The fourth-order valence-electron chi connectivity index (χ4n) is 2.64. The lowest BCUT2D eigenvalue weighted by Gasteiger charge is -2.10. The molecule has 2 N–H and O–H groups in total. The minimum absolute atomic E-state index is 0.0188. The number of hydrogen-bond acceptors (Lipinski definition) is 5.